The van der Waals surface area contributed by atoms with E-state index in [-0.39, 0.29) is 37.6 Å². The molecule has 1 fully saturated rings. The lowest BCUT2D eigenvalue weighted by molar-refractivity contribution is -0.137. The van der Waals surface area contributed by atoms with E-state index in [2.05, 4.69) is 10.6 Å². The van der Waals surface area contributed by atoms with Gasteiger partial charge in [-0.25, -0.2) is 12.8 Å². The number of carbonyl (C=O) groups excluding carboxylic acids is 1. The summed E-state index contributed by atoms with van der Waals surface area (Å²) in [6.07, 6.45) is -4.88. The lowest BCUT2D eigenvalue weighted by atomic mass is 9.93. The van der Waals surface area contributed by atoms with Crippen molar-refractivity contribution in [2.75, 3.05) is 13.1 Å². The van der Waals surface area contributed by atoms with E-state index in [1.54, 1.807) is 20.8 Å². The smallest absolute Gasteiger partial charge is 0.354 e. The van der Waals surface area contributed by atoms with E-state index >= 15 is 4.39 Å². The largest absolute Gasteiger partial charge is 0.416 e. The van der Waals surface area contributed by atoms with E-state index in [1.807, 2.05) is 0 Å². The lowest BCUT2D eigenvalue weighted by Gasteiger charge is -2.34. The van der Waals surface area contributed by atoms with E-state index in [0.29, 0.717) is 19.2 Å². The molecule has 1 saturated carbocycles. The second-order valence-corrected chi connectivity index (χ2v) is 10.9. The van der Waals surface area contributed by atoms with Crippen molar-refractivity contribution in [3.05, 3.63) is 29.8 Å². The predicted molar refractivity (Wildman–Crippen MR) is 105 cm³/mol. The standard InChI is InChI=1S/C20H28F4N2O3S/c1-18(2,3)17(27)26-12-11-25-15-7-9-19(21,10-8-15)30(28,29)16-6-4-5-14(13-16)20(22,23)24/h4-6,13,15,25H,7-12H2,1-3H3,(H,26,27)/t15-,19-. The first-order chi connectivity index (χ1) is 13.7. The zero-order chi connectivity index (χ0) is 22.8. The molecule has 0 spiro atoms. The molecule has 2 rings (SSSR count). The molecular formula is C20H28F4N2O3S. The number of alkyl halides is 4. The van der Waals surface area contributed by atoms with Gasteiger partial charge in [-0.15, -0.1) is 0 Å². The van der Waals surface area contributed by atoms with Gasteiger partial charge < -0.3 is 10.6 Å². The molecule has 0 atom stereocenters. The van der Waals surface area contributed by atoms with Gasteiger partial charge in [0.1, 0.15) is 0 Å². The second kappa shape index (κ2) is 8.82. The molecule has 0 bridgehead atoms. The summed E-state index contributed by atoms with van der Waals surface area (Å²) in [5, 5.41) is 3.34. The summed E-state index contributed by atoms with van der Waals surface area (Å²) in [4.78, 5) is 11.1. The van der Waals surface area contributed by atoms with Crippen LogP contribution in [0.3, 0.4) is 0 Å². The first kappa shape index (κ1) is 24.6. The molecule has 1 amide bonds. The minimum atomic E-state index is -4.71. The normalized spacial score (nSPS) is 23.2. The van der Waals surface area contributed by atoms with Gasteiger partial charge in [0.2, 0.25) is 20.7 Å². The van der Waals surface area contributed by atoms with E-state index in [0.717, 1.165) is 18.2 Å². The van der Waals surface area contributed by atoms with E-state index in [4.69, 9.17) is 0 Å². The summed E-state index contributed by atoms with van der Waals surface area (Å²) in [5.74, 6) is -0.0945. The Hall–Kier alpha value is -1.68. The Labute approximate surface area is 174 Å². The molecule has 0 radical (unpaired) electrons. The molecule has 170 valence electrons. The number of hydrogen-bond donors (Lipinski definition) is 2. The molecule has 2 N–H and O–H groups in total. The van der Waals surface area contributed by atoms with Crippen molar-refractivity contribution < 1.29 is 30.8 Å². The lowest BCUT2D eigenvalue weighted by Crippen LogP contribution is -2.45. The van der Waals surface area contributed by atoms with Crippen molar-refractivity contribution in [1.29, 1.82) is 0 Å². The molecule has 0 saturated heterocycles. The fourth-order valence-electron chi connectivity index (χ4n) is 3.29. The van der Waals surface area contributed by atoms with Crippen LogP contribution in [0.5, 0.6) is 0 Å². The van der Waals surface area contributed by atoms with Crippen LogP contribution in [0.1, 0.15) is 52.0 Å². The van der Waals surface area contributed by atoms with Crippen molar-refractivity contribution in [3.63, 3.8) is 0 Å². The Kier molecular flexibility index (Phi) is 7.23. The third kappa shape index (κ3) is 5.72. The molecule has 1 aliphatic rings. The van der Waals surface area contributed by atoms with Crippen LogP contribution >= 0.6 is 0 Å². The molecule has 5 nitrogen and oxygen atoms in total. The summed E-state index contributed by atoms with van der Waals surface area (Å²) in [7, 11) is -4.57. The quantitative estimate of drug-likeness (QED) is 0.508. The number of sulfone groups is 1. The van der Waals surface area contributed by atoms with Crippen LogP contribution in [0.4, 0.5) is 17.6 Å². The molecular weight excluding hydrogens is 424 g/mol. The summed E-state index contributed by atoms with van der Waals surface area (Å²) in [5.41, 5.74) is -1.63. The second-order valence-electron chi connectivity index (χ2n) is 8.65. The zero-order valence-corrected chi connectivity index (χ0v) is 18.1. The molecule has 0 unspecified atom stereocenters. The van der Waals surface area contributed by atoms with E-state index in [1.165, 1.54) is 0 Å². The van der Waals surface area contributed by atoms with Gasteiger partial charge in [-0.2, -0.15) is 13.2 Å². The number of halogens is 4. The summed E-state index contributed by atoms with van der Waals surface area (Å²) < 4.78 is 79.4. The fourth-order valence-corrected chi connectivity index (χ4v) is 5.03. The first-order valence-corrected chi connectivity index (χ1v) is 11.3. The van der Waals surface area contributed by atoms with Gasteiger partial charge in [-0.3, -0.25) is 4.79 Å². The number of benzene rings is 1. The van der Waals surface area contributed by atoms with Crippen LogP contribution in [0, 0.1) is 5.41 Å². The monoisotopic (exact) mass is 452 g/mol. The van der Waals surface area contributed by atoms with E-state index < -0.39 is 36.9 Å². The molecule has 1 aromatic rings. The van der Waals surface area contributed by atoms with Crippen LogP contribution in [0.2, 0.25) is 0 Å². The number of amides is 1. The fraction of sp³-hybridized carbons (Fsp3) is 0.650. The highest BCUT2D eigenvalue weighted by Crippen LogP contribution is 2.41. The molecule has 30 heavy (non-hydrogen) atoms. The highest BCUT2D eigenvalue weighted by Gasteiger charge is 2.48. The van der Waals surface area contributed by atoms with Crippen molar-refractivity contribution in [1.82, 2.24) is 10.6 Å². The zero-order valence-electron chi connectivity index (χ0n) is 17.3. The van der Waals surface area contributed by atoms with Gasteiger partial charge in [0, 0.05) is 24.5 Å². The molecule has 0 aliphatic heterocycles. The number of carbonyl (C=O) groups is 1. The minimum absolute atomic E-state index is 0.0945. The molecule has 0 aromatic heterocycles. The Balaban J connectivity index is 1.95. The van der Waals surface area contributed by atoms with Gasteiger partial charge in [0.25, 0.3) is 0 Å². The van der Waals surface area contributed by atoms with Crippen LogP contribution < -0.4 is 10.6 Å². The molecule has 1 aromatic carbocycles. The van der Waals surface area contributed by atoms with Crippen molar-refractivity contribution >= 4 is 15.7 Å². The Morgan fingerprint density at radius 1 is 1.13 bits per heavy atom. The van der Waals surface area contributed by atoms with Crippen LogP contribution in [0.15, 0.2) is 29.2 Å². The maximum atomic E-state index is 15.3. The van der Waals surface area contributed by atoms with Crippen LogP contribution in [-0.2, 0) is 20.8 Å². The van der Waals surface area contributed by atoms with Gasteiger partial charge >= 0.3 is 6.18 Å². The predicted octanol–water partition coefficient (Wildman–Crippen LogP) is 3.84. The maximum absolute atomic E-state index is 15.3. The van der Waals surface area contributed by atoms with Gasteiger partial charge in [-0.1, -0.05) is 26.8 Å². The maximum Gasteiger partial charge on any atom is 0.416 e. The first-order valence-electron chi connectivity index (χ1n) is 9.79. The average Bonchev–Trinajstić information content (AvgIpc) is 2.65. The topological polar surface area (TPSA) is 75.3 Å². The Morgan fingerprint density at radius 2 is 1.73 bits per heavy atom. The Morgan fingerprint density at radius 3 is 2.27 bits per heavy atom. The highest BCUT2D eigenvalue weighted by atomic mass is 32.2. The molecule has 10 heteroatoms. The average molecular weight is 453 g/mol. The summed E-state index contributed by atoms with van der Waals surface area (Å²) in [6, 6.07) is 3.08. The summed E-state index contributed by atoms with van der Waals surface area (Å²) >= 11 is 0. The molecule has 0 heterocycles. The van der Waals surface area contributed by atoms with Crippen molar-refractivity contribution in [3.8, 4) is 0 Å². The third-order valence-corrected chi connectivity index (χ3v) is 7.46. The number of hydrogen-bond acceptors (Lipinski definition) is 4. The highest BCUT2D eigenvalue weighted by molar-refractivity contribution is 7.92. The van der Waals surface area contributed by atoms with E-state index in [9.17, 15) is 26.4 Å². The van der Waals surface area contributed by atoms with Crippen LogP contribution in [-0.4, -0.2) is 38.5 Å². The molecule has 1 aliphatic carbocycles. The van der Waals surface area contributed by atoms with Gasteiger partial charge in [0.05, 0.1) is 10.5 Å². The van der Waals surface area contributed by atoms with Gasteiger partial charge in [0.15, 0.2) is 0 Å². The van der Waals surface area contributed by atoms with Crippen molar-refractivity contribution in [2.45, 2.75) is 68.6 Å². The summed E-state index contributed by atoms with van der Waals surface area (Å²) in [6.45, 7) is 6.22. The van der Waals surface area contributed by atoms with Gasteiger partial charge in [-0.05, 0) is 43.9 Å². The van der Waals surface area contributed by atoms with Crippen molar-refractivity contribution in [2.24, 2.45) is 5.41 Å². The number of nitrogens with one attached hydrogen (secondary N) is 2. The third-order valence-electron chi connectivity index (χ3n) is 5.21. The van der Waals surface area contributed by atoms with Crippen LogP contribution in [0.25, 0.3) is 0 Å². The number of rotatable bonds is 6. The SMILES string of the molecule is CC(C)(C)C(=O)NCCN[C@H]1CC[C@](F)(S(=O)(=O)c2cccc(C(F)(F)F)c2)CC1. The minimum Gasteiger partial charge on any atom is -0.354 e. The Bertz CT molecular complexity index is 856.